The summed E-state index contributed by atoms with van der Waals surface area (Å²) in [5, 5.41) is 2.56. The van der Waals surface area contributed by atoms with Gasteiger partial charge in [0.1, 0.15) is 5.82 Å². The van der Waals surface area contributed by atoms with Crippen LogP contribution in [-0.2, 0) is 9.53 Å². The zero-order valence-corrected chi connectivity index (χ0v) is 14.2. The smallest absolute Gasteiger partial charge is 0.415 e. The van der Waals surface area contributed by atoms with E-state index in [1.807, 2.05) is 6.08 Å². The predicted octanol–water partition coefficient (Wildman–Crippen LogP) is 1.06. The van der Waals surface area contributed by atoms with Crippen LogP contribution in [-0.4, -0.2) is 55.7 Å². The largest absolute Gasteiger partial charge is 0.434 e. The number of nitrogens with two attached hydrogens (primary N) is 1. The molecule has 0 aromatic heterocycles. The van der Waals surface area contributed by atoms with Gasteiger partial charge in [-0.3, -0.25) is 9.69 Å². The Bertz CT molecular complexity index is 795. The number of ether oxygens (including phenoxy) is 1. The van der Waals surface area contributed by atoms with Gasteiger partial charge in [-0.05, 0) is 30.2 Å². The Hall–Kier alpha value is -3.10. The number of rotatable bonds is 3. The van der Waals surface area contributed by atoms with Crippen LogP contribution < -0.4 is 16.0 Å². The number of urea groups is 1. The minimum Gasteiger partial charge on any atom is -0.434 e. The second kappa shape index (κ2) is 7.03. The van der Waals surface area contributed by atoms with Gasteiger partial charge in [0.25, 0.3) is 5.91 Å². The van der Waals surface area contributed by atoms with E-state index in [1.165, 1.54) is 11.0 Å². The van der Waals surface area contributed by atoms with Crippen LogP contribution in [0.15, 0.2) is 24.3 Å². The molecule has 0 bridgehead atoms. The summed E-state index contributed by atoms with van der Waals surface area (Å²) in [5.41, 5.74) is 6.65. The third-order valence-electron chi connectivity index (χ3n) is 4.45. The lowest BCUT2D eigenvalue weighted by molar-refractivity contribution is -0.124. The molecule has 0 radical (unpaired) electrons. The fourth-order valence-corrected chi connectivity index (χ4v) is 3.01. The highest BCUT2D eigenvalue weighted by Gasteiger charge is 2.36. The summed E-state index contributed by atoms with van der Waals surface area (Å²) in [7, 11) is 1.56. The lowest BCUT2D eigenvalue weighted by Gasteiger charge is -2.26. The molecule has 1 aromatic rings. The summed E-state index contributed by atoms with van der Waals surface area (Å²) in [5.74, 6) is -1.23. The summed E-state index contributed by atoms with van der Waals surface area (Å²) in [4.78, 5) is 37.4. The van der Waals surface area contributed by atoms with Crippen molar-refractivity contribution in [2.75, 3.05) is 31.6 Å². The van der Waals surface area contributed by atoms with Gasteiger partial charge < -0.3 is 20.7 Å². The quantitative estimate of drug-likeness (QED) is 0.839. The van der Waals surface area contributed by atoms with Crippen molar-refractivity contribution < 1.29 is 23.5 Å². The molecule has 1 fully saturated rings. The van der Waals surface area contributed by atoms with Crippen LogP contribution in [0.2, 0.25) is 0 Å². The highest BCUT2D eigenvalue weighted by Crippen LogP contribution is 2.29. The fraction of sp³-hybridized carbons (Fsp3) is 0.353. The van der Waals surface area contributed by atoms with Crippen molar-refractivity contribution in [3.63, 3.8) is 0 Å². The zero-order chi connectivity index (χ0) is 18.8. The van der Waals surface area contributed by atoms with Gasteiger partial charge >= 0.3 is 12.1 Å². The Labute approximate surface area is 149 Å². The first-order valence-electron chi connectivity index (χ1n) is 8.13. The molecule has 26 heavy (non-hydrogen) atoms. The molecule has 9 heteroatoms. The molecule has 2 aliphatic rings. The van der Waals surface area contributed by atoms with Crippen molar-refractivity contribution in [3.05, 3.63) is 35.7 Å². The molecular formula is C17H19FN4O4. The molecule has 3 rings (SSSR count). The molecule has 0 spiro atoms. The van der Waals surface area contributed by atoms with Crippen molar-refractivity contribution in [2.45, 2.75) is 12.5 Å². The molecule has 1 unspecified atom stereocenters. The number of hydrogen-bond acceptors (Lipinski definition) is 4. The first-order chi connectivity index (χ1) is 12.4. The third-order valence-corrected chi connectivity index (χ3v) is 4.45. The number of primary amides is 1. The van der Waals surface area contributed by atoms with E-state index in [0.717, 1.165) is 5.57 Å². The number of hydrogen-bond donors (Lipinski definition) is 2. The number of halogens is 1. The summed E-state index contributed by atoms with van der Waals surface area (Å²) in [6.07, 6.45) is 0.560. The van der Waals surface area contributed by atoms with Crippen LogP contribution in [0, 0.1) is 5.82 Å². The highest BCUT2D eigenvalue weighted by atomic mass is 19.1. The van der Waals surface area contributed by atoms with Crippen molar-refractivity contribution in [2.24, 2.45) is 5.73 Å². The zero-order valence-electron chi connectivity index (χ0n) is 14.2. The van der Waals surface area contributed by atoms with Gasteiger partial charge in [0.15, 0.2) is 6.10 Å². The number of anilines is 1. The average molecular weight is 362 g/mol. The first-order valence-corrected chi connectivity index (χ1v) is 8.13. The summed E-state index contributed by atoms with van der Waals surface area (Å²) >= 11 is 0. The molecule has 1 atom stereocenters. The molecule has 1 aromatic carbocycles. The molecule has 8 nitrogen and oxygen atoms in total. The summed E-state index contributed by atoms with van der Waals surface area (Å²) in [6.45, 7) is 0.844. The predicted molar refractivity (Wildman–Crippen MR) is 91.8 cm³/mol. The van der Waals surface area contributed by atoms with E-state index in [2.05, 4.69) is 5.32 Å². The number of nitrogens with zero attached hydrogens (tertiary/aromatic N) is 2. The van der Waals surface area contributed by atoms with E-state index in [1.54, 1.807) is 24.1 Å². The van der Waals surface area contributed by atoms with Crippen molar-refractivity contribution in [3.8, 4) is 0 Å². The minimum atomic E-state index is -1.04. The van der Waals surface area contributed by atoms with E-state index in [9.17, 15) is 18.8 Å². The Balaban J connectivity index is 1.77. The topological polar surface area (TPSA) is 105 Å². The van der Waals surface area contributed by atoms with Gasteiger partial charge in [-0.25, -0.2) is 14.0 Å². The van der Waals surface area contributed by atoms with Gasteiger partial charge in [0, 0.05) is 25.7 Å². The van der Waals surface area contributed by atoms with Gasteiger partial charge in [0.05, 0.1) is 12.2 Å². The van der Waals surface area contributed by atoms with Gasteiger partial charge in [-0.1, -0.05) is 6.08 Å². The Morgan fingerprint density at radius 2 is 2.15 bits per heavy atom. The second-order valence-electron chi connectivity index (χ2n) is 6.03. The standard InChI is InChI=1S/C17H19FN4O4/c1-20-16(24)21-6-4-10(5-7-21)12-3-2-11(8-13(12)18)22-9-14(15(19)23)26-17(22)25/h2-4,8,14H,5-7,9H2,1H3,(H2,19,23)(H,20,24). The van der Waals surface area contributed by atoms with Crippen LogP contribution in [0.5, 0.6) is 0 Å². The van der Waals surface area contributed by atoms with E-state index in [0.29, 0.717) is 30.8 Å². The molecule has 2 aliphatic heterocycles. The number of amides is 4. The van der Waals surface area contributed by atoms with Crippen molar-refractivity contribution in [1.29, 1.82) is 0 Å². The fourth-order valence-electron chi connectivity index (χ4n) is 3.01. The molecule has 0 saturated carbocycles. The van der Waals surface area contributed by atoms with E-state index in [-0.39, 0.29) is 12.6 Å². The van der Waals surface area contributed by atoms with E-state index >= 15 is 0 Å². The average Bonchev–Trinajstić information content (AvgIpc) is 3.03. The minimum absolute atomic E-state index is 0.0449. The maximum atomic E-state index is 14.6. The van der Waals surface area contributed by atoms with Crippen LogP contribution in [0.1, 0.15) is 12.0 Å². The lowest BCUT2D eigenvalue weighted by atomic mass is 9.98. The maximum Gasteiger partial charge on any atom is 0.415 e. The molecule has 0 aliphatic carbocycles. The number of carbonyl (C=O) groups is 3. The summed E-state index contributed by atoms with van der Waals surface area (Å²) in [6, 6.07) is 4.23. The molecule has 1 saturated heterocycles. The molecular weight excluding hydrogens is 343 g/mol. The Kier molecular flexibility index (Phi) is 4.79. The van der Waals surface area contributed by atoms with E-state index in [4.69, 9.17) is 10.5 Å². The normalized spacial score (nSPS) is 19.8. The van der Waals surface area contributed by atoms with Gasteiger partial charge in [0.2, 0.25) is 0 Å². The SMILES string of the molecule is CNC(=O)N1CC=C(c2ccc(N3CC(C(N)=O)OC3=O)cc2F)CC1. The Morgan fingerprint density at radius 3 is 2.69 bits per heavy atom. The summed E-state index contributed by atoms with van der Waals surface area (Å²) < 4.78 is 19.4. The number of nitrogens with one attached hydrogen (secondary N) is 1. The second-order valence-corrected chi connectivity index (χ2v) is 6.03. The number of benzene rings is 1. The molecule has 2 heterocycles. The van der Waals surface area contributed by atoms with Crippen molar-refractivity contribution >= 4 is 29.3 Å². The first kappa shape index (κ1) is 17.7. The monoisotopic (exact) mass is 362 g/mol. The Morgan fingerprint density at radius 1 is 1.38 bits per heavy atom. The number of cyclic esters (lactones) is 1. The molecule has 4 amide bonds. The van der Waals surface area contributed by atoms with E-state index < -0.39 is 23.9 Å². The molecule has 3 N–H and O–H groups in total. The highest BCUT2D eigenvalue weighted by molar-refractivity contribution is 5.95. The van der Waals surface area contributed by atoms with Crippen LogP contribution in [0.25, 0.3) is 5.57 Å². The lowest BCUT2D eigenvalue weighted by Crippen LogP contribution is -2.40. The third kappa shape index (κ3) is 3.32. The van der Waals surface area contributed by atoms with Crippen LogP contribution in [0.4, 0.5) is 19.7 Å². The van der Waals surface area contributed by atoms with Crippen LogP contribution >= 0.6 is 0 Å². The van der Waals surface area contributed by atoms with Crippen molar-refractivity contribution in [1.82, 2.24) is 10.2 Å². The van der Waals surface area contributed by atoms with Gasteiger partial charge in [-0.15, -0.1) is 0 Å². The van der Waals surface area contributed by atoms with Crippen LogP contribution in [0.3, 0.4) is 0 Å². The maximum absolute atomic E-state index is 14.6. The number of carbonyl (C=O) groups excluding carboxylic acids is 3. The molecule has 138 valence electrons. The van der Waals surface area contributed by atoms with Gasteiger partial charge in [-0.2, -0.15) is 0 Å².